The van der Waals surface area contributed by atoms with Crippen LogP contribution in [0.4, 0.5) is 8.78 Å². The van der Waals surface area contributed by atoms with Gasteiger partial charge in [0.05, 0.1) is 10.0 Å². The van der Waals surface area contributed by atoms with Crippen LogP contribution in [0.3, 0.4) is 0 Å². The number of hydrogen-bond donors (Lipinski definition) is 1. The number of benzene rings is 2. The van der Waals surface area contributed by atoms with Gasteiger partial charge in [-0.05, 0) is 36.7 Å². The molecule has 0 fully saturated rings. The Balaban J connectivity index is 2.18. The number of halogens is 4. The van der Waals surface area contributed by atoms with Crippen molar-refractivity contribution in [2.75, 3.05) is 6.54 Å². The maximum atomic E-state index is 13.9. The van der Waals surface area contributed by atoms with Crippen LogP contribution in [0.15, 0.2) is 30.3 Å². The van der Waals surface area contributed by atoms with Crippen molar-refractivity contribution in [2.45, 2.75) is 13.0 Å². The van der Waals surface area contributed by atoms with Crippen molar-refractivity contribution in [1.82, 2.24) is 0 Å². The van der Waals surface area contributed by atoms with E-state index in [0.29, 0.717) is 34.1 Å². The first-order chi connectivity index (χ1) is 10.0. The van der Waals surface area contributed by atoms with Gasteiger partial charge in [-0.2, -0.15) is 0 Å². The van der Waals surface area contributed by atoms with Crippen molar-refractivity contribution >= 4 is 23.2 Å². The molecule has 0 atom stereocenters. The lowest BCUT2D eigenvalue weighted by molar-refractivity contribution is 0.274. The van der Waals surface area contributed by atoms with Crippen LogP contribution in [0, 0.1) is 11.6 Å². The Morgan fingerprint density at radius 2 is 1.76 bits per heavy atom. The summed E-state index contributed by atoms with van der Waals surface area (Å²) in [4.78, 5) is 0. The minimum Gasteiger partial charge on any atom is -0.483 e. The second kappa shape index (κ2) is 7.07. The quantitative estimate of drug-likeness (QED) is 0.883. The topological polar surface area (TPSA) is 35.2 Å². The van der Waals surface area contributed by atoms with Gasteiger partial charge in [0.1, 0.15) is 6.61 Å². The molecule has 0 heterocycles. The Bertz CT molecular complexity index is 627. The number of rotatable bonds is 5. The first-order valence-electron chi connectivity index (χ1n) is 6.26. The van der Waals surface area contributed by atoms with E-state index in [0.717, 1.165) is 0 Å². The van der Waals surface area contributed by atoms with Gasteiger partial charge in [0.15, 0.2) is 17.4 Å². The molecule has 2 aromatic rings. The summed E-state index contributed by atoms with van der Waals surface area (Å²) in [7, 11) is 0. The fourth-order valence-corrected chi connectivity index (χ4v) is 2.25. The maximum absolute atomic E-state index is 13.9. The van der Waals surface area contributed by atoms with Crippen molar-refractivity contribution in [3.05, 3.63) is 63.1 Å². The molecule has 0 radical (unpaired) electrons. The Kier molecular flexibility index (Phi) is 5.39. The fraction of sp³-hybridized carbons (Fsp3) is 0.200. The first-order valence-corrected chi connectivity index (χ1v) is 7.02. The minimum atomic E-state index is -0.767. The van der Waals surface area contributed by atoms with Gasteiger partial charge in [-0.25, -0.2) is 8.78 Å². The zero-order chi connectivity index (χ0) is 15.4. The van der Waals surface area contributed by atoms with Crippen LogP contribution >= 0.6 is 23.2 Å². The fourth-order valence-electron chi connectivity index (χ4n) is 1.87. The highest BCUT2D eigenvalue weighted by Crippen LogP contribution is 2.28. The van der Waals surface area contributed by atoms with Crippen molar-refractivity contribution < 1.29 is 13.5 Å². The summed E-state index contributed by atoms with van der Waals surface area (Å²) in [5, 5.41) is 0.664. The molecule has 0 spiro atoms. The largest absolute Gasteiger partial charge is 0.483 e. The second-order valence-electron chi connectivity index (χ2n) is 4.43. The molecule has 0 saturated carbocycles. The zero-order valence-corrected chi connectivity index (χ0v) is 12.5. The molecule has 2 N–H and O–H groups in total. The average molecular weight is 332 g/mol. The monoisotopic (exact) mass is 331 g/mol. The molecule has 0 aliphatic carbocycles. The summed E-state index contributed by atoms with van der Waals surface area (Å²) in [5.41, 5.74) is 6.40. The third-order valence-corrected chi connectivity index (χ3v) is 3.75. The predicted molar refractivity (Wildman–Crippen MR) is 79.9 cm³/mol. The highest BCUT2D eigenvalue weighted by molar-refractivity contribution is 6.42. The predicted octanol–water partition coefficient (Wildman–Crippen LogP) is 4.35. The minimum absolute atomic E-state index is 0.0799. The van der Waals surface area contributed by atoms with Crippen LogP contribution in [0.2, 0.25) is 10.0 Å². The molecule has 0 aliphatic rings. The van der Waals surface area contributed by atoms with Crippen molar-refractivity contribution in [3.8, 4) is 5.75 Å². The molecule has 2 nitrogen and oxygen atoms in total. The average Bonchev–Trinajstić information content (AvgIpc) is 2.42. The SMILES string of the molecule is NCCc1cc(F)c(OCc2cccc(Cl)c2Cl)c(F)c1. The summed E-state index contributed by atoms with van der Waals surface area (Å²) in [6.07, 6.45) is 0.397. The van der Waals surface area contributed by atoms with Gasteiger partial charge in [-0.3, -0.25) is 0 Å². The molecule has 0 amide bonds. The van der Waals surface area contributed by atoms with Crippen molar-refractivity contribution in [2.24, 2.45) is 5.73 Å². The number of hydrogen-bond acceptors (Lipinski definition) is 2. The third-order valence-electron chi connectivity index (χ3n) is 2.89. The molecule has 0 saturated heterocycles. The summed E-state index contributed by atoms with van der Waals surface area (Å²) >= 11 is 11.9. The van der Waals surface area contributed by atoms with Crippen LogP contribution in [0.25, 0.3) is 0 Å². The van der Waals surface area contributed by atoms with E-state index in [1.54, 1.807) is 18.2 Å². The van der Waals surface area contributed by atoms with Gasteiger partial charge in [0, 0.05) is 5.56 Å². The Morgan fingerprint density at radius 1 is 1.10 bits per heavy atom. The van der Waals surface area contributed by atoms with Gasteiger partial charge in [-0.1, -0.05) is 35.3 Å². The standard InChI is InChI=1S/C15H13Cl2F2NO/c16-11-3-1-2-10(14(11)17)8-21-15-12(18)6-9(4-5-20)7-13(15)19/h1-3,6-7H,4-5,8,20H2. The first kappa shape index (κ1) is 16.0. The van der Waals surface area contributed by atoms with E-state index < -0.39 is 17.4 Å². The van der Waals surface area contributed by atoms with Gasteiger partial charge < -0.3 is 10.5 Å². The molecule has 21 heavy (non-hydrogen) atoms. The van der Waals surface area contributed by atoms with E-state index in [2.05, 4.69) is 0 Å². The van der Waals surface area contributed by atoms with Gasteiger partial charge >= 0.3 is 0 Å². The molecule has 0 aliphatic heterocycles. The van der Waals surface area contributed by atoms with Gasteiger partial charge in [0.25, 0.3) is 0 Å². The van der Waals surface area contributed by atoms with Crippen molar-refractivity contribution in [1.29, 1.82) is 0 Å². The normalized spacial score (nSPS) is 10.7. The molecular formula is C15H13Cl2F2NO. The molecule has 0 bridgehead atoms. The molecule has 6 heteroatoms. The highest BCUT2D eigenvalue weighted by Gasteiger charge is 2.14. The Hall–Kier alpha value is -1.36. The molecule has 2 aromatic carbocycles. The van der Waals surface area contributed by atoms with E-state index in [4.69, 9.17) is 33.7 Å². The Morgan fingerprint density at radius 3 is 2.38 bits per heavy atom. The Labute approximate surface area is 131 Å². The summed E-state index contributed by atoms with van der Waals surface area (Å²) in [6, 6.07) is 7.41. The molecule has 2 rings (SSSR count). The molecule has 0 unspecified atom stereocenters. The van der Waals surface area contributed by atoms with E-state index in [9.17, 15) is 8.78 Å². The van der Waals surface area contributed by atoms with E-state index in [1.807, 2.05) is 0 Å². The maximum Gasteiger partial charge on any atom is 0.191 e. The molecule has 0 aromatic heterocycles. The lowest BCUT2D eigenvalue weighted by Gasteiger charge is -2.11. The third kappa shape index (κ3) is 3.84. The van der Waals surface area contributed by atoms with Gasteiger partial charge in [-0.15, -0.1) is 0 Å². The van der Waals surface area contributed by atoms with Crippen LogP contribution in [0.5, 0.6) is 5.75 Å². The van der Waals surface area contributed by atoms with Crippen LogP contribution in [-0.2, 0) is 13.0 Å². The zero-order valence-electron chi connectivity index (χ0n) is 11.0. The summed E-state index contributed by atoms with van der Waals surface area (Å²) < 4.78 is 32.9. The van der Waals surface area contributed by atoms with E-state index in [-0.39, 0.29) is 6.61 Å². The lowest BCUT2D eigenvalue weighted by atomic mass is 10.1. The summed E-state index contributed by atoms with van der Waals surface area (Å²) in [5.74, 6) is -1.97. The van der Waals surface area contributed by atoms with Crippen LogP contribution < -0.4 is 10.5 Å². The highest BCUT2D eigenvalue weighted by atomic mass is 35.5. The van der Waals surface area contributed by atoms with Gasteiger partial charge in [0.2, 0.25) is 0 Å². The van der Waals surface area contributed by atoms with E-state index in [1.165, 1.54) is 12.1 Å². The van der Waals surface area contributed by atoms with Crippen LogP contribution in [0.1, 0.15) is 11.1 Å². The summed E-state index contributed by atoms with van der Waals surface area (Å²) in [6.45, 7) is 0.237. The molecule has 112 valence electrons. The lowest BCUT2D eigenvalue weighted by Crippen LogP contribution is -2.05. The molecular weight excluding hydrogens is 319 g/mol. The van der Waals surface area contributed by atoms with Crippen molar-refractivity contribution in [3.63, 3.8) is 0 Å². The smallest absolute Gasteiger partial charge is 0.191 e. The number of nitrogens with two attached hydrogens (primary N) is 1. The second-order valence-corrected chi connectivity index (χ2v) is 5.21. The van der Waals surface area contributed by atoms with Crippen LogP contribution in [-0.4, -0.2) is 6.54 Å². The number of ether oxygens (including phenoxy) is 1. The van der Waals surface area contributed by atoms with E-state index >= 15 is 0 Å².